The minimum absolute atomic E-state index is 0.0509. The van der Waals surface area contributed by atoms with Crippen molar-refractivity contribution in [1.29, 1.82) is 0 Å². The van der Waals surface area contributed by atoms with E-state index in [1.54, 1.807) is 54.3 Å². The number of amides is 1. The van der Waals surface area contributed by atoms with Gasteiger partial charge in [0, 0.05) is 12.6 Å². The molecule has 4 aromatic rings. The van der Waals surface area contributed by atoms with Crippen molar-refractivity contribution in [1.82, 2.24) is 19.2 Å². The highest BCUT2D eigenvalue weighted by molar-refractivity contribution is 5.95. The van der Waals surface area contributed by atoms with Crippen LogP contribution in [0, 0.1) is 0 Å². The quantitative estimate of drug-likeness (QED) is 0.423. The second-order valence-electron chi connectivity index (χ2n) is 7.45. The molecule has 0 saturated carbocycles. The molecular formula is C24H25N5O4. The molecule has 1 amide bonds. The number of aromatic nitrogens is 4. The Morgan fingerprint density at radius 2 is 1.88 bits per heavy atom. The van der Waals surface area contributed by atoms with Crippen molar-refractivity contribution in [2.75, 3.05) is 5.32 Å². The van der Waals surface area contributed by atoms with E-state index in [1.165, 1.54) is 10.6 Å². The molecule has 2 aromatic carbocycles. The van der Waals surface area contributed by atoms with Crippen molar-refractivity contribution in [2.45, 2.75) is 39.5 Å². The van der Waals surface area contributed by atoms with Crippen LogP contribution in [0.25, 0.3) is 5.78 Å². The highest BCUT2D eigenvalue weighted by Crippen LogP contribution is 2.25. The summed E-state index contributed by atoms with van der Waals surface area (Å²) in [4.78, 5) is 33.8. The lowest BCUT2D eigenvalue weighted by atomic mass is 10.2. The minimum atomic E-state index is -0.706. The zero-order valence-corrected chi connectivity index (χ0v) is 18.5. The molecule has 1 atom stereocenters. The molecule has 0 aliphatic heterocycles. The number of benzene rings is 2. The number of fused-ring (bicyclic) bond motifs is 1. The molecule has 9 nitrogen and oxygen atoms in total. The molecule has 0 saturated heterocycles. The van der Waals surface area contributed by atoms with Crippen molar-refractivity contribution in [3.05, 3.63) is 83.0 Å². The second-order valence-corrected chi connectivity index (χ2v) is 7.45. The van der Waals surface area contributed by atoms with Crippen molar-refractivity contribution >= 4 is 17.4 Å². The first-order valence-corrected chi connectivity index (χ1v) is 10.7. The van der Waals surface area contributed by atoms with E-state index >= 15 is 0 Å². The van der Waals surface area contributed by atoms with Crippen LogP contribution in [0.3, 0.4) is 0 Å². The summed E-state index contributed by atoms with van der Waals surface area (Å²) in [7, 11) is 0. The van der Waals surface area contributed by atoms with Gasteiger partial charge in [0.2, 0.25) is 0 Å². The summed E-state index contributed by atoms with van der Waals surface area (Å²) in [5.74, 6) is 1.08. The van der Waals surface area contributed by atoms with Gasteiger partial charge in [0.1, 0.15) is 24.4 Å². The maximum atomic E-state index is 12.6. The van der Waals surface area contributed by atoms with Gasteiger partial charge in [-0.1, -0.05) is 37.3 Å². The molecule has 2 aromatic heterocycles. The van der Waals surface area contributed by atoms with E-state index in [4.69, 9.17) is 9.47 Å². The van der Waals surface area contributed by atoms with Crippen LogP contribution in [0.5, 0.6) is 11.5 Å². The molecule has 0 spiro atoms. The zero-order valence-electron chi connectivity index (χ0n) is 18.5. The fourth-order valence-corrected chi connectivity index (χ4v) is 3.30. The molecule has 2 heterocycles. The van der Waals surface area contributed by atoms with Gasteiger partial charge in [-0.15, -0.1) is 0 Å². The molecule has 33 heavy (non-hydrogen) atoms. The minimum Gasteiger partial charge on any atom is -0.485 e. The maximum absolute atomic E-state index is 12.6. The van der Waals surface area contributed by atoms with E-state index in [0.717, 1.165) is 6.42 Å². The summed E-state index contributed by atoms with van der Waals surface area (Å²) in [6.45, 7) is 4.43. The predicted molar refractivity (Wildman–Crippen MR) is 123 cm³/mol. The Morgan fingerprint density at radius 3 is 2.67 bits per heavy atom. The van der Waals surface area contributed by atoms with E-state index in [2.05, 4.69) is 15.3 Å². The van der Waals surface area contributed by atoms with E-state index in [-0.39, 0.29) is 18.1 Å². The van der Waals surface area contributed by atoms with E-state index in [0.29, 0.717) is 35.2 Å². The fourth-order valence-electron chi connectivity index (χ4n) is 3.30. The molecule has 0 unspecified atom stereocenters. The molecule has 1 N–H and O–H groups in total. The molecule has 4 rings (SSSR count). The Kier molecular flexibility index (Phi) is 6.68. The summed E-state index contributed by atoms with van der Waals surface area (Å²) in [6.07, 6.45) is 1.77. The van der Waals surface area contributed by atoms with Gasteiger partial charge in [0.05, 0.1) is 11.4 Å². The van der Waals surface area contributed by atoms with Gasteiger partial charge in [-0.05, 0) is 37.6 Å². The van der Waals surface area contributed by atoms with Crippen LogP contribution in [-0.2, 0) is 17.9 Å². The average molecular weight is 447 g/mol. The topological polar surface area (TPSA) is 99.8 Å². The van der Waals surface area contributed by atoms with Gasteiger partial charge < -0.3 is 14.8 Å². The summed E-state index contributed by atoms with van der Waals surface area (Å²) < 4.78 is 14.7. The first kappa shape index (κ1) is 22.1. The number of rotatable bonds is 9. The Labute approximate surface area is 190 Å². The summed E-state index contributed by atoms with van der Waals surface area (Å²) in [5, 5.41) is 2.83. The first-order chi connectivity index (χ1) is 16.0. The zero-order chi connectivity index (χ0) is 23.2. The number of nitrogens with one attached hydrogen (secondary N) is 1. The molecule has 170 valence electrons. The third-order valence-electron chi connectivity index (χ3n) is 4.89. The number of para-hydroxylation sites is 3. The Balaban J connectivity index is 1.45. The summed E-state index contributed by atoms with van der Waals surface area (Å²) >= 11 is 0. The van der Waals surface area contributed by atoms with Crippen LogP contribution in [0.1, 0.15) is 26.0 Å². The number of ether oxygens (including phenoxy) is 2. The molecule has 9 heteroatoms. The number of aryl methyl sites for hydroxylation is 1. The SMILES string of the molecule is CCCn1cnc2nc(COc3ccccc3NC(=O)[C@@H](C)Oc3ccccc3)cc(=O)n21. The van der Waals surface area contributed by atoms with Crippen LogP contribution in [0.15, 0.2) is 71.8 Å². The van der Waals surface area contributed by atoms with Gasteiger partial charge in [0.25, 0.3) is 17.2 Å². The Bertz CT molecular complexity index is 1300. The normalized spacial score (nSPS) is 11.8. The van der Waals surface area contributed by atoms with Crippen molar-refractivity contribution < 1.29 is 14.3 Å². The van der Waals surface area contributed by atoms with Crippen molar-refractivity contribution in [2.24, 2.45) is 0 Å². The lowest BCUT2D eigenvalue weighted by Crippen LogP contribution is -2.30. The molecule has 0 aliphatic rings. The lowest BCUT2D eigenvalue weighted by molar-refractivity contribution is -0.122. The smallest absolute Gasteiger partial charge is 0.274 e. The van der Waals surface area contributed by atoms with E-state index in [1.807, 2.05) is 25.1 Å². The maximum Gasteiger partial charge on any atom is 0.274 e. The highest BCUT2D eigenvalue weighted by atomic mass is 16.5. The van der Waals surface area contributed by atoms with Crippen molar-refractivity contribution in [3.8, 4) is 11.5 Å². The van der Waals surface area contributed by atoms with Gasteiger partial charge in [0.15, 0.2) is 6.10 Å². The third-order valence-corrected chi connectivity index (χ3v) is 4.89. The molecule has 0 aliphatic carbocycles. The molecule has 0 bridgehead atoms. The summed E-state index contributed by atoms with van der Waals surface area (Å²) in [6, 6.07) is 17.6. The standard InChI is InChI=1S/C24H25N5O4/c1-3-13-28-16-25-24-26-18(14-22(30)29(24)28)15-32-21-12-8-7-11-20(21)27-23(31)17(2)33-19-9-5-4-6-10-19/h4-12,14,16-17H,3,13,15H2,1-2H3,(H,27,31)/t17-/m1/s1. The fraction of sp³-hybridized carbons (Fsp3) is 0.250. The third kappa shape index (κ3) is 5.20. The number of hydrogen-bond donors (Lipinski definition) is 1. The number of anilines is 1. The van der Waals surface area contributed by atoms with Crippen LogP contribution in [-0.4, -0.2) is 31.2 Å². The Hall–Kier alpha value is -4.14. The van der Waals surface area contributed by atoms with Gasteiger partial charge in [-0.2, -0.15) is 9.50 Å². The monoisotopic (exact) mass is 447 g/mol. The van der Waals surface area contributed by atoms with Gasteiger partial charge >= 0.3 is 0 Å². The first-order valence-electron chi connectivity index (χ1n) is 10.7. The van der Waals surface area contributed by atoms with Crippen LogP contribution in [0.4, 0.5) is 5.69 Å². The number of carbonyl (C=O) groups is 1. The number of carbonyl (C=O) groups excluding carboxylic acids is 1. The molecule has 0 radical (unpaired) electrons. The Morgan fingerprint density at radius 1 is 1.12 bits per heavy atom. The highest BCUT2D eigenvalue weighted by Gasteiger charge is 2.17. The summed E-state index contributed by atoms with van der Waals surface area (Å²) in [5.41, 5.74) is 0.720. The van der Waals surface area contributed by atoms with E-state index < -0.39 is 6.10 Å². The van der Waals surface area contributed by atoms with Crippen LogP contribution in [0.2, 0.25) is 0 Å². The molecule has 0 fully saturated rings. The average Bonchev–Trinajstić information content (AvgIpc) is 3.22. The predicted octanol–water partition coefficient (Wildman–Crippen LogP) is 3.29. The number of nitrogens with zero attached hydrogens (tertiary/aromatic N) is 4. The van der Waals surface area contributed by atoms with E-state index in [9.17, 15) is 9.59 Å². The van der Waals surface area contributed by atoms with Gasteiger partial charge in [-0.3, -0.25) is 14.3 Å². The lowest BCUT2D eigenvalue weighted by Gasteiger charge is -2.16. The largest absolute Gasteiger partial charge is 0.485 e. The second kappa shape index (κ2) is 9.99. The van der Waals surface area contributed by atoms with Gasteiger partial charge in [-0.25, -0.2) is 4.98 Å². The number of hydrogen-bond acceptors (Lipinski definition) is 6. The van der Waals surface area contributed by atoms with Crippen LogP contribution < -0.4 is 20.3 Å². The molecular weight excluding hydrogens is 422 g/mol. The van der Waals surface area contributed by atoms with Crippen molar-refractivity contribution in [3.63, 3.8) is 0 Å². The van der Waals surface area contributed by atoms with Crippen LogP contribution >= 0.6 is 0 Å².